The maximum absolute atomic E-state index is 14.1. The van der Waals surface area contributed by atoms with E-state index in [1.54, 1.807) is 27.5 Å². The SMILES string of the molecule is Cc1ccn(CCNC(=O)c2cc(F)cc(-c3cnc4nncn4c3)c2)n1. The minimum absolute atomic E-state index is 0.241. The number of nitrogens with one attached hydrogen (secondary N) is 1. The Hall–Kier alpha value is -3.62. The minimum Gasteiger partial charge on any atom is -0.350 e. The van der Waals surface area contributed by atoms with Crippen molar-refractivity contribution in [1.29, 1.82) is 0 Å². The predicted octanol–water partition coefficient (Wildman–Crippen LogP) is 1.87. The van der Waals surface area contributed by atoms with Crippen LogP contribution in [-0.4, -0.2) is 41.8 Å². The van der Waals surface area contributed by atoms with Gasteiger partial charge in [0.1, 0.15) is 12.1 Å². The first-order chi connectivity index (χ1) is 13.1. The Kier molecular flexibility index (Phi) is 4.33. The molecule has 1 amide bonds. The van der Waals surface area contributed by atoms with Crippen LogP contribution in [0.2, 0.25) is 0 Å². The van der Waals surface area contributed by atoms with E-state index >= 15 is 0 Å². The van der Waals surface area contributed by atoms with Crippen molar-refractivity contribution >= 4 is 11.7 Å². The van der Waals surface area contributed by atoms with Crippen LogP contribution in [0.25, 0.3) is 16.9 Å². The first-order valence-electron chi connectivity index (χ1n) is 8.33. The summed E-state index contributed by atoms with van der Waals surface area (Å²) in [6, 6.07) is 6.09. The van der Waals surface area contributed by atoms with Gasteiger partial charge in [0.05, 0.1) is 12.2 Å². The van der Waals surface area contributed by atoms with Crippen molar-refractivity contribution in [2.45, 2.75) is 13.5 Å². The van der Waals surface area contributed by atoms with Gasteiger partial charge in [0.15, 0.2) is 0 Å². The van der Waals surface area contributed by atoms with Crippen LogP contribution in [0.5, 0.6) is 0 Å². The summed E-state index contributed by atoms with van der Waals surface area (Å²) in [5, 5.41) is 14.6. The Morgan fingerprint density at radius 2 is 2.15 bits per heavy atom. The highest BCUT2D eigenvalue weighted by Gasteiger charge is 2.11. The molecule has 0 aliphatic carbocycles. The molecule has 0 saturated heterocycles. The number of benzene rings is 1. The summed E-state index contributed by atoms with van der Waals surface area (Å²) in [7, 11) is 0. The molecule has 0 radical (unpaired) electrons. The zero-order valence-corrected chi connectivity index (χ0v) is 14.5. The summed E-state index contributed by atoms with van der Waals surface area (Å²) in [4.78, 5) is 16.6. The summed E-state index contributed by atoms with van der Waals surface area (Å²) in [5.41, 5.74) is 2.36. The molecule has 0 unspecified atom stereocenters. The van der Waals surface area contributed by atoms with E-state index < -0.39 is 5.82 Å². The first-order valence-corrected chi connectivity index (χ1v) is 8.33. The van der Waals surface area contributed by atoms with Gasteiger partial charge in [0, 0.05) is 36.3 Å². The van der Waals surface area contributed by atoms with E-state index in [0.717, 1.165) is 5.69 Å². The van der Waals surface area contributed by atoms with Crippen molar-refractivity contribution in [3.63, 3.8) is 0 Å². The summed E-state index contributed by atoms with van der Waals surface area (Å²) in [6.07, 6.45) is 6.66. The Bertz CT molecular complexity index is 1120. The highest BCUT2D eigenvalue weighted by molar-refractivity contribution is 5.95. The van der Waals surface area contributed by atoms with Crippen molar-refractivity contribution < 1.29 is 9.18 Å². The van der Waals surface area contributed by atoms with Gasteiger partial charge in [-0.2, -0.15) is 5.10 Å². The monoisotopic (exact) mass is 365 g/mol. The molecule has 8 nitrogen and oxygen atoms in total. The highest BCUT2D eigenvalue weighted by atomic mass is 19.1. The van der Waals surface area contributed by atoms with E-state index in [1.807, 2.05) is 19.2 Å². The van der Waals surface area contributed by atoms with Crippen molar-refractivity contribution in [2.75, 3.05) is 6.54 Å². The van der Waals surface area contributed by atoms with Crippen LogP contribution in [0.1, 0.15) is 16.1 Å². The van der Waals surface area contributed by atoms with Crippen LogP contribution >= 0.6 is 0 Å². The van der Waals surface area contributed by atoms with Gasteiger partial charge < -0.3 is 5.32 Å². The van der Waals surface area contributed by atoms with Crippen LogP contribution < -0.4 is 5.32 Å². The van der Waals surface area contributed by atoms with E-state index in [0.29, 0.717) is 30.0 Å². The molecule has 4 aromatic rings. The molecule has 0 spiro atoms. The molecule has 3 heterocycles. The number of aryl methyl sites for hydroxylation is 1. The molecule has 0 aliphatic rings. The third-order valence-corrected chi connectivity index (χ3v) is 4.05. The maximum atomic E-state index is 14.1. The lowest BCUT2D eigenvalue weighted by Gasteiger charge is -2.08. The van der Waals surface area contributed by atoms with Crippen molar-refractivity contribution in [3.05, 3.63) is 66.3 Å². The molecule has 0 atom stereocenters. The van der Waals surface area contributed by atoms with Crippen LogP contribution in [0, 0.1) is 12.7 Å². The summed E-state index contributed by atoms with van der Waals surface area (Å²) in [5.74, 6) is -0.399. The minimum atomic E-state index is -0.496. The molecule has 0 bridgehead atoms. The fourth-order valence-electron chi connectivity index (χ4n) is 2.74. The van der Waals surface area contributed by atoms with E-state index in [1.165, 1.54) is 18.5 Å². The van der Waals surface area contributed by atoms with Gasteiger partial charge >= 0.3 is 0 Å². The lowest BCUT2D eigenvalue weighted by atomic mass is 10.0. The van der Waals surface area contributed by atoms with E-state index in [2.05, 4.69) is 25.6 Å². The van der Waals surface area contributed by atoms with Crippen LogP contribution in [-0.2, 0) is 6.54 Å². The zero-order valence-electron chi connectivity index (χ0n) is 14.5. The number of hydrogen-bond donors (Lipinski definition) is 1. The molecular formula is C18H16FN7O. The molecule has 27 heavy (non-hydrogen) atoms. The quantitative estimate of drug-likeness (QED) is 0.583. The second kappa shape index (κ2) is 6.94. The second-order valence-electron chi connectivity index (χ2n) is 6.09. The number of halogens is 1. The van der Waals surface area contributed by atoms with Crippen molar-refractivity contribution in [1.82, 2.24) is 34.7 Å². The fourth-order valence-corrected chi connectivity index (χ4v) is 2.74. The second-order valence-corrected chi connectivity index (χ2v) is 6.09. The summed E-state index contributed by atoms with van der Waals surface area (Å²) < 4.78 is 17.4. The average Bonchev–Trinajstić information content (AvgIpc) is 3.29. The largest absolute Gasteiger partial charge is 0.350 e. The molecular weight excluding hydrogens is 349 g/mol. The number of carbonyl (C=O) groups excluding carboxylic acids is 1. The molecule has 4 rings (SSSR count). The van der Waals surface area contributed by atoms with Crippen LogP contribution in [0.3, 0.4) is 0 Å². The topological polar surface area (TPSA) is 90.0 Å². The van der Waals surface area contributed by atoms with Gasteiger partial charge in [-0.05, 0) is 36.8 Å². The lowest BCUT2D eigenvalue weighted by molar-refractivity contribution is 0.0951. The number of rotatable bonds is 5. The normalized spacial score (nSPS) is 11.0. The highest BCUT2D eigenvalue weighted by Crippen LogP contribution is 2.21. The third-order valence-electron chi connectivity index (χ3n) is 4.05. The Morgan fingerprint density at radius 1 is 1.26 bits per heavy atom. The van der Waals surface area contributed by atoms with Crippen LogP contribution in [0.15, 0.2) is 49.2 Å². The van der Waals surface area contributed by atoms with Gasteiger partial charge in [-0.25, -0.2) is 9.37 Å². The predicted molar refractivity (Wildman–Crippen MR) is 95.5 cm³/mol. The third kappa shape index (κ3) is 3.66. The smallest absolute Gasteiger partial charge is 0.254 e. The number of carbonyl (C=O) groups is 1. The summed E-state index contributed by atoms with van der Waals surface area (Å²) in [6.45, 7) is 2.82. The van der Waals surface area contributed by atoms with Gasteiger partial charge in [0.2, 0.25) is 0 Å². The molecule has 0 saturated carbocycles. The van der Waals surface area contributed by atoms with Crippen molar-refractivity contribution in [2.24, 2.45) is 0 Å². The zero-order chi connectivity index (χ0) is 18.8. The Balaban J connectivity index is 1.51. The number of hydrogen-bond acceptors (Lipinski definition) is 5. The first kappa shape index (κ1) is 16.8. The van der Waals surface area contributed by atoms with Gasteiger partial charge in [0.25, 0.3) is 11.7 Å². The molecule has 3 aromatic heterocycles. The van der Waals surface area contributed by atoms with E-state index in [4.69, 9.17) is 0 Å². The number of aromatic nitrogens is 6. The molecule has 136 valence electrons. The number of fused-ring (bicyclic) bond motifs is 1. The van der Waals surface area contributed by atoms with E-state index in [9.17, 15) is 9.18 Å². The van der Waals surface area contributed by atoms with Crippen molar-refractivity contribution in [3.8, 4) is 11.1 Å². The summed E-state index contributed by atoms with van der Waals surface area (Å²) >= 11 is 0. The lowest BCUT2D eigenvalue weighted by Crippen LogP contribution is -2.27. The molecule has 9 heteroatoms. The van der Waals surface area contributed by atoms with Crippen LogP contribution in [0.4, 0.5) is 4.39 Å². The van der Waals surface area contributed by atoms with Gasteiger partial charge in [-0.3, -0.25) is 13.9 Å². The number of amides is 1. The Labute approximate surface area is 153 Å². The molecule has 0 fully saturated rings. The maximum Gasteiger partial charge on any atom is 0.254 e. The Morgan fingerprint density at radius 3 is 2.96 bits per heavy atom. The fraction of sp³-hybridized carbons (Fsp3) is 0.167. The molecule has 1 aromatic carbocycles. The number of nitrogens with zero attached hydrogens (tertiary/aromatic N) is 6. The standard InChI is InChI=1S/C18H16FN7O/c1-12-2-4-26(24-12)5-3-20-17(27)14-6-13(7-16(19)8-14)15-9-21-18-23-22-11-25(18)10-15/h2,4,6-11H,3,5H2,1H3,(H,20,27). The van der Waals surface area contributed by atoms with Gasteiger partial charge in [-0.15, -0.1) is 10.2 Å². The van der Waals surface area contributed by atoms with E-state index in [-0.39, 0.29) is 11.5 Å². The molecule has 0 aliphatic heterocycles. The average molecular weight is 365 g/mol. The van der Waals surface area contributed by atoms with Gasteiger partial charge in [-0.1, -0.05) is 0 Å². The molecule has 1 N–H and O–H groups in total.